The summed E-state index contributed by atoms with van der Waals surface area (Å²) in [6.45, 7) is 0.611. The van der Waals surface area contributed by atoms with E-state index in [0.717, 1.165) is 32.1 Å². The first-order chi connectivity index (χ1) is 24.8. The van der Waals surface area contributed by atoms with Gasteiger partial charge in [-0.05, 0) is 12.8 Å². The molecule has 17 unspecified atom stereocenters. The molecule has 52 heavy (non-hydrogen) atoms. The number of carbonyl (C=O) groups excluding carboxylic acids is 1. The summed E-state index contributed by atoms with van der Waals surface area (Å²) in [5.74, 6) is -0.459. The van der Waals surface area contributed by atoms with Gasteiger partial charge in [0, 0.05) is 6.92 Å². The van der Waals surface area contributed by atoms with E-state index >= 15 is 0 Å². The van der Waals surface area contributed by atoms with Crippen molar-refractivity contribution in [3.8, 4) is 0 Å². The SMILES string of the molecule is CCCCCCCC/C=C/C(O)C(COC1OC(CO)C(OC2OC(CO)C(OC3OC(CO)C(O)C(O)C3O)C(O)C2O)C(O)C1O)NC(C)=O. The van der Waals surface area contributed by atoms with Crippen molar-refractivity contribution >= 4 is 5.91 Å². The third-order valence-electron chi connectivity index (χ3n) is 9.37. The number of carbonyl (C=O) groups is 1. The molecule has 19 heteroatoms. The van der Waals surface area contributed by atoms with Crippen molar-refractivity contribution in [2.24, 2.45) is 0 Å². The highest BCUT2D eigenvalue weighted by atomic mass is 16.8. The normalized spacial score (nSPS) is 39.8. The minimum absolute atomic E-state index is 0.370. The van der Waals surface area contributed by atoms with Crippen LogP contribution in [-0.2, 0) is 33.2 Å². The number of aliphatic hydroxyl groups is 11. The Balaban J connectivity index is 1.60. The lowest BCUT2D eigenvalue weighted by atomic mass is 9.96. The molecule has 3 heterocycles. The molecule has 17 atom stereocenters. The average Bonchev–Trinajstić information content (AvgIpc) is 3.12. The number of unbranched alkanes of at least 4 members (excludes halogenated alkanes) is 6. The molecular formula is C33H59NO18. The van der Waals surface area contributed by atoms with Gasteiger partial charge in [0.05, 0.1) is 38.6 Å². The van der Waals surface area contributed by atoms with Crippen LogP contribution in [0.4, 0.5) is 0 Å². The Morgan fingerprint density at radius 1 is 0.673 bits per heavy atom. The van der Waals surface area contributed by atoms with Crippen LogP contribution in [0.1, 0.15) is 58.8 Å². The predicted molar refractivity (Wildman–Crippen MR) is 176 cm³/mol. The number of aliphatic hydroxyl groups excluding tert-OH is 11. The van der Waals surface area contributed by atoms with Crippen LogP contribution >= 0.6 is 0 Å². The van der Waals surface area contributed by atoms with Crippen molar-refractivity contribution in [3.63, 3.8) is 0 Å². The molecule has 3 saturated heterocycles. The van der Waals surface area contributed by atoms with E-state index in [1.807, 2.05) is 6.08 Å². The number of nitrogens with one attached hydrogen (secondary N) is 1. The Bertz CT molecular complexity index is 1050. The van der Waals surface area contributed by atoms with Gasteiger partial charge in [-0.2, -0.15) is 0 Å². The molecule has 1 amide bonds. The second-order valence-electron chi connectivity index (χ2n) is 13.4. The van der Waals surface area contributed by atoms with E-state index in [2.05, 4.69) is 12.2 Å². The maximum absolute atomic E-state index is 11.8. The van der Waals surface area contributed by atoms with Crippen molar-refractivity contribution in [2.45, 2.75) is 163 Å². The zero-order chi connectivity index (χ0) is 38.5. The Morgan fingerprint density at radius 3 is 1.69 bits per heavy atom. The molecule has 304 valence electrons. The largest absolute Gasteiger partial charge is 0.394 e. The molecule has 3 fully saturated rings. The average molecular weight is 758 g/mol. The molecule has 0 aliphatic carbocycles. The quantitative estimate of drug-likeness (QED) is 0.0412. The van der Waals surface area contributed by atoms with Gasteiger partial charge in [0.25, 0.3) is 0 Å². The number of hydrogen-bond acceptors (Lipinski definition) is 18. The van der Waals surface area contributed by atoms with Crippen LogP contribution in [0.3, 0.4) is 0 Å². The van der Waals surface area contributed by atoms with Gasteiger partial charge in [0.15, 0.2) is 18.9 Å². The third kappa shape index (κ3) is 12.0. The van der Waals surface area contributed by atoms with Crippen LogP contribution in [-0.4, -0.2) is 193 Å². The van der Waals surface area contributed by atoms with Gasteiger partial charge >= 0.3 is 0 Å². The van der Waals surface area contributed by atoms with Crippen molar-refractivity contribution in [1.82, 2.24) is 5.32 Å². The lowest BCUT2D eigenvalue weighted by Crippen LogP contribution is -2.66. The van der Waals surface area contributed by atoms with Crippen molar-refractivity contribution in [3.05, 3.63) is 12.2 Å². The zero-order valence-electron chi connectivity index (χ0n) is 29.5. The van der Waals surface area contributed by atoms with Crippen LogP contribution < -0.4 is 5.32 Å². The molecule has 0 aromatic heterocycles. The van der Waals surface area contributed by atoms with Gasteiger partial charge in [0.1, 0.15) is 73.2 Å². The van der Waals surface area contributed by atoms with Crippen LogP contribution in [0, 0.1) is 0 Å². The Hall–Kier alpha value is -1.47. The summed E-state index contributed by atoms with van der Waals surface area (Å²) in [6, 6.07) is -0.964. The molecule has 19 nitrogen and oxygen atoms in total. The molecule has 0 bridgehead atoms. The lowest BCUT2D eigenvalue weighted by Gasteiger charge is -2.48. The monoisotopic (exact) mass is 757 g/mol. The first-order valence-electron chi connectivity index (χ1n) is 17.9. The molecule has 0 radical (unpaired) electrons. The van der Waals surface area contributed by atoms with Gasteiger partial charge in [-0.3, -0.25) is 4.79 Å². The first-order valence-corrected chi connectivity index (χ1v) is 17.9. The summed E-state index contributed by atoms with van der Waals surface area (Å²) in [6.07, 6.45) is -16.0. The van der Waals surface area contributed by atoms with Gasteiger partial charge in [-0.1, -0.05) is 51.2 Å². The summed E-state index contributed by atoms with van der Waals surface area (Å²) in [5.41, 5.74) is 0. The fourth-order valence-electron chi connectivity index (χ4n) is 6.28. The molecule has 0 saturated carbocycles. The summed E-state index contributed by atoms with van der Waals surface area (Å²) in [7, 11) is 0. The zero-order valence-corrected chi connectivity index (χ0v) is 29.5. The van der Waals surface area contributed by atoms with E-state index in [0.29, 0.717) is 0 Å². The van der Waals surface area contributed by atoms with Crippen LogP contribution in [0.2, 0.25) is 0 Å². The highest BCUT2D eigenvalue weighted by Gasteiger charge is 2.53. The minimum Gasteiger partial charge on any atom is -0.394 e. The van der Waals surface area contributed by atoms with Crippen LogP contribution in [0.5, 0.6) is 0 Å². The van der Waals surface area contributed by atoms with Gasteiger partial charge in [-0.25, -0.2) is 0 Å². The van der Waals surface area contributed by atoms with E-state index in [4.69, 9.17) is 28.4 Å². The fourth-order valence-corrected chi connectivity index (χ4v) is 6.28. The fraction of sp³-hybridized carbons (Fsp3) is 0.909. The molecule has 3 aliphatic rings. The maximum atomic E-state index is 11.8. The van der Waals surface area contributed by atoms with Crippen LogP contribution in [0.15, 0.2) is 12.2 Å². The van der Waals surface area contributed by atoms with Crippen LogP contribution in [0.25, 0.3) is 0 Å². The smallest absolute Gasteiger partial charge is 0.217 e. The second kappa shape index (κ2) is 22.2. The highest BCUT2D eigenvalue weighted by molar-refractivity contribution is 5.73. The van der Waals surface area contributed by atoms with E-state index in [1.54, 1.807) is 0 Å². The maximum Gasteiger partial charge on any atom is 0.217 e. The predicted octanol–water partition coefficient (Wildman–Crippen LogP) is -4.38. The van der Waals surface area contributed by atoms with Crippen molar-refractivity contribution in [1.29, 1.82) is 0 Å². The molecule has 0 aromatic carbocycles. The number of ether oxygens (including phenoxy) is 6. The summed E-state index contributed by atoms with van der Waals surface area (Å²) in [4.78, 5) is 11.8. The van der Waals surface area contributed by atoms with Crippen molar-refractivity contribution in [2.75, 3.05) is 26.4 Å². The lowest BCUT2D eigenvalue weighted by molar-refractivity contribution is -0.379. The molecule has 3 rings (SSSR count). The molecule has 3 aliphatic heterocycles. The topological polar surface area (TPSA) is 307 Å². The Morgan fingerprint density at radius 2 is 1.15 bits per heavy atom. The van der Waals surface area contributed by atoms with E-state index < -0.39 is 130 Å². The van der Waals surface area contributed by atoms with E-state index in [-0.39, 0.29) is 6.61 Å². The Kier molecular flexibility index (Phi) is 19.2. The number of allylic oxidation sites excluding steroid dienone is 1. The summed E-state index contributed by atoms with van der Waals surface area (Å²) < 4.78 is 33.4. The number of rotatable bonds is 20. The van der Waals surface area contributed by atoms with E-state index in [9.17, 15) is 61.0 Å². The van der Waals surface area contributed by atoms with Gasteiger partial charge in [-0.15, -0.1) is 0 Å². The standard InChI is InChI=1S/C33H59NO18/c1-3-4-5-6-7-8-9-10-11-18(39)17(34-16(2)38)15-47-31-27(45)24(42)29(20(13-36)49-31)52-33-28(46)25(43)30(21(14-37)50-33)51-32-26(44)23(41)22(40)19(12-35)48-32/h10-11,17-33,35-37,39-46H,3-9,12-15H2,1-2H3,(H,34,38)/b11-10+. The first kappa shape index (κ1) is 44.9. The highest BCUT2D eigenvalue weighted by Crippen LogP contribution is 2.32. The van der Waals surface area contributed by atoms with Gasteiger partial charge < -0.3 is 89.9 Å². The number of amides is 1. The van der Waals surface area contributed by atoms with E-state index in [1.165, 1.54) is 25.8 Å². The van der Waals surface area contributed by atoms with Gasteiger partial charge in [0.2, 0.25) is 5.91 Å². The molecule has 0 spiro atoms. The minimum atomic E-state index is -1.97. The molecule has 12 N–H and O–H groups in total. The second-order valence-corrected chi connectivity index (χ2v) is 13.4. The Labute approximate surface area is 302 Å². The van der Waals surface area contributed by atoms with Crippen molar-refractivity contribution < 1.29 is 89.4 Å². The summed E-state index contributed by atoms with van der Waals surface area (Å²) in [5, 5.41) is 117. The number of hydrogen-bond donors (Lipinski definition) is 12. The molecule has 0 aromatic rings. The third-order valence-corrected chi connectivity index (χ3v) is 9.37. The molecular weight excluding hydrogens is 698 g/mol. The summed E-state index contributed by atoms with van der Waals surface area (Å²) >= 11 is 0.